The fourth-order valence-electron chi connectivity index (χ4n) is 1.97. The fraction of sp³-hybridized carbons (Fsp3) is 0.600. The molecule has 0 spiro atoms. The summed E-state index contributed by atoms with van der Waals surface area (Å²) < 4.78 is 5.76. The molecular formula is C15H25NO. The van der Waals surface area contributed by atoms with Crippen molar-refractivity contribution in [3.63, 3.8) is 0 Å². The van der Waals surface area contributed by atoms with Gasteiger partial charge in [-0.3, -0.25) is 0 Å². The van der Waals surface area contributed by atoms with Crippen LogP contribution in [0.25, 0.3) is 0 Å². The van der Waals surface area contributed by atoms with E-state index in [9.17, 15) is 0 Å². The lowest BCUT2D eigenvalue weighted by Crippen LogP contribution is -2.15. The highest BCUT2D eigenvalue weighted by Gasteiger charge is 2.06. The van der Waals surface area contributed by atoms with Crippen molar-refractivity contribution in [3.05, 3.63) is 29.8 Å². The van der Waals surface area contributed by atoms with Gasteiger partial charge in [0.1, 0.15) is 5.75 Å². The van der Waals surface area contributed by atoms with Crippen LogP contribution in [0.2, 0.25) is 0 Å². The van der Waals surface area contributed by atoms with E-state index in [1.54, 1.807) is 0 Å². The van der Waals surface area contributed by atoms with E-state index in [0.717, 1.165) is 25.2 Å². The second-order valence-electron chi connectivity index (χ2n) is 4.38. The fourth-order valence-corrected chi connectivity index (χ4v) is 1.97. The molecule has 1 atom stereocenters. The summed E-state index contributed by atoms with van der Waals surface area (Å²) >= 11 is 0. The molecule has 0 fully saturated rings. The molecule has 0 amide bonds. The molecule has 1 aromatic carbocycles. The molecule has 0 aromatic heterocycles. The summed E-state index contributed by atoms with van der Waals surface area (Å²) in [5.41, 5.74) is 1.31. The molecule has 1 unspecified atom stereocenters. The molecule has 96 valence electrons. The molecule has 1 aromatic rings. The van der Waals surface area contributed by atoms with Gasteiger partial charge < -0.3 is 10.1 Å². The van der Waals surface area contributed by atoms with Gasteiger partial charge in [0.15, 0.2) is 0 Å². The van der Waals surface area contributed by atoms with Crippen LogP contribution in [-0.4, -0.2) is 13.7 Å². The van der Waals surface area contributed by atoms with Crippen molar-refractivity contribution in [1.82, 2.24) is 5.32 Å². The predicted molar refractivity (Wildman–Crippen MR) is 73.6 cm³/mol. The van der Waals surface area contributed by atoms with E-state index in [2.05, 4.69) is 37.4 Å². The smallest absolute Gasteiger partial charge is 0.119 e. The number of ether oxygens (including phenoxy) is 1. The van der Waals surface area contributed by atoms with Crippen LogP contribution in [0.5, 0.6) is 5.75 Å². The van der Waals surface area contributed by atoms with Crippen molar-refractivity contribution in [3.8, 4) is 5.75 Å². The lowest BCUT2D eigenvalue weighted by Gasteiger charge is -2.15. The number of hydrogen-bond donors (Lipinski definition) is 1. The Kier molecular flexibility index (Phi) is 6.71. The van der Waals surface area contributed by atoms with Crippen molar-refractivity contribution >= 4 is 0 Å². The Hall–Kier alpha value is -1.02. The van der Waals surface area contributed by atoms with Gasteiger partial charge in [-0.15, -0.1) is 0 Å². The standard InChI is InChI=1S/C15H25NO/c1-4-6-7-11-17-14-10-8-9-13(12-14)15(5-2)16-3/h8-10,12,15-16H,4-7,11H2,1-3H3. The van der Waals surface area contributed by atoms with E-state index in [0.29, 0.717) is 6.04 Å². The maximum Gasteiger partial charge on any atom is 0.119 e. The largest absolute Gasteiger partial charge is 0.494 e. The van der Waals surface area contributed by atoms with E-state index in [4.69, 9.17) is 4.74 Å². The quantitative estimate of drug-likeness (QED) is 0.689. The first-order valence-corrected chi connectivity index (χ1v) is 6.71. The van der Waals surface area contributed by atoms with Gasteiger partial charge in [0.2, 0.25) is 0 Å². The van der Waals surface area contributed by atoms with Crippen LogP contribution >= 0.6 is 0 Å². The SMILES string of the molecule is CCCCCOc1cccc(C(CC)NC)c1. The van der Waals surface area contributed by atoms with Gasteiger partial charge >= 0.3 is 0 Å². The van der Waals surface area contributed by atoms with Crippen molar-refractivity contribution in [1.29, 1.82) is 0 Å². The van der Waals surface area contributed by atoms with Gasteiger partial charge in [-0.2, -0.15) is 0 Å². The van der Waals surface area contributed by atoms with Gasteiger partial charge in [-0.05, 0) is 37.6 Å². The van der Waals surface area contributed by atoms with Crippen molar-refractivity contribution in [2.24, 2.45) is 0 Å². The monoisotopic (exact) mass is 235 g/mol. The average Bonchev–Trinajstić information content (AvgIpc) is 2.37. The van der Waals surface area contributed by atoms with Crippen LogP contribution in [0.3, 0.4) is 0 Å². The molecule has 0 saturated heterocycles. The summed E-state index contributed by atoms with van der Waals surface area (Å²) in [6.45, 7) is 5.23. The zero-order valence-corrected chi connectivity index (χ0v) is 11.3. The summed E-state index contributed by atoms with van der Waals surface area (Å²) in [6, 6.07) is 8.84. The Balaban J connectivity index is 2.53. The number of hydrogen-bond acceptors (Lipinski definition) is 2. The zero-order chi connectivity index (χ0) is 12.5. The molecule has 2 nitrogen and oxygen atoms in total. The minimum Gasteiger partial charge on any atom is -0.494 e. The van der Waals surface area contributed by atoms with Crippen LogP contribution < -0.4 is 10.1 Å². The van der Waals surface area contributed by atoms with Crippen LogP contribution in [0.15, 0.2) is 24.3 Å². The molecule has 0 saturated carbocycles. The van der Waals surface area contributed by atoms with Gasteiger partial charge in [0.25, 0.3) is 0 Å². The highest BCUT2D eigenvalue weighted by molar-refractivity contribution is 5.30. The van der Waals surface area contributed by atoms with Crippen LogP contribution in [0.1, 0.15) is 51.1 Å². The Bertz CT molecular complexity index is 308. The number of nitrogens with one attached hydrogen (secondary N) is 1. The maximum absolute atomic E-state index is 5.76. The Morgan fingerprint density at radius 1 is 1.24 bits per heavy atom. The average molecular weight is 235 g/mol. The summed E-state index contributed by atoms with van der Waals surface area (Å²) in [5.74, 6) is 0.993. The van der Waals surface area contributed by atoms with Gasteiger partial charge in [0, 0.05) is 6.04 Å². The van der Waals surface area contributed by atoms with Gasteiger partial charge in [-0.25, -0.2) is 0 Å². The minimum atomic E-state index is 0.425. The van der Waals surface area contributed by atoms with Gasteiger partial charge in [0.05, 0.1) is 6.61 Å². The first-order chi connectivity index (χ1) is 8.31. The summed E-state index contributed by atoms with van der Waals surface area (Å²) in [6.07, 6.45) is 4.72. The molecule has 0 radical (unpaired) electrons. The molecule has 2 heteroatoms. The lowest BCUT2D eigenvalue weighted by molar-refractivity contribution is 0.305. The van der Waals surface area contributed by atoms with Crippen molar-refractivity contribution in [2.75, 3.05) is 13.7 Å². The van der Waals surface area contributed by atoms with Crippen molar-refractivity contribution in [2.45, 2.75) is 45.6 Å². The molecule has 0 bridgehead atoms. The minimum absolute atomic E-state index is 0.425. The predicted octanol–water partition coefficient (Wildman–Crippen LogP) is 3.93. The summed E-state index contributed by atoms with van der Waals surface area (Å²) in [5, 5.41) is 3.32. The number of unbranched alkanes of at least 4 members (excludes halogenated alkanes) is 2. The molecule has 0 heterocycles. The highest BCUT2D eigenvalue weighted by atomic mass is 16.5. The van der Waals surface area contributed by atoms with E-state index < -0.39 is 0 Å². The number of benzene rings is 1. The van der Waals surface area contributed by atoms with Crippen molar-refractivity contribution < 1.29 is 4.74 Å². The molecule has 0 aliphatic heterocycles. The Morgan fingerprint density at radius 2 is 2.06 bits per heavy atom. The van der Waals surface area contributed by atoms with Crippen LogP contribution in [0, 0.1) is 0 Å². The Morgan fingerprint density at radius 3 is 2.71 bits per heavy atom. The second kappa shape index (κ2) is 8.13. The third-order valence-electron chi connectivity index (χ3n) is 3.03. The third-order valence-corrected chi connectivity index (χ3v) is 3.03. The summed E-state index contributed by atoms with van der Waals surface area (Å²) in [4.78, 5) is 0. The highest BCUT2D eigenvalue weighted by Crippen LogP contribution is 2.21. The molecular weight excluding hydrogens is 210 g/mol. The Labute approximate surface area is 105 Å². The maximum atomic E-state index is 5.76. The topological polar surface area (TPSA) is 21.3 Å². The van der Waals surface area contributed by atoms with E-state index in [-0.39, 0.29) is 0 Å². The zero-order valence-electron chi connectivity index (χ0n) is 11.3. The molecule has 0 aliphatic carbocycles. The molecule has 1 rings (SSSR count). The molecule has 17 heavy (non-hydrogen) atoms. The first-order valence-electron chi connectivity index (χ1n) is 6.71. The first kappa shape index (κ1) is 14.0. The lowest BCUT2D eigenvalue weighted by atomic mass is 10.0. The van der Waals surface area contributed by atoms with E-state index >= 15 is 0 Å². The van der Waals surface area contributed by atoms with Crippen LogP contribution in [0.4, 0.5) is 0 Å². The number of rotatable bonds is 8. The molecule has 0 aliphatic rings. The second-order valence-corrected chi connectivity index (χ2v) is 4.38. The summed E-state index contributed by atoms with van der Waals surface area (Å²) in [7, 11) is 2.00. The van der Waals surface area contributed by atoms with Gasteiger partial charge in [-0.1, -0.05) is 38.8 Å². The van der Waals surface area contributed by atoms with Crippen LogP contribution in [-0.2, 0) is 0 Å². The van der Waals surface area contributed by atoms with E-state index in [1.807, 2.05) is 13.1 Å². The third kappa shape index (κ3) is 4.78. The molecule has 1 N–H and O–H groups in total. The normalized spacial score (nSPS) is 12.4. The van der Waals surface area contributed by atoms with E-state index in [1.165, 1.54) is 18.4 Å².